The molecular weight excluding hydrogens is 304 g/mol. The van der Waals surface area contributed by atoms with E-state index in [9.17, 15) is 4.79 Å². The van der Waals surface area contributed by atoms with E-state index in [1.807, 2.05) is 42.6 Å². The van der Waals surface area contributed by atoms with Crippen LogP contribution in [0.15, 0.2) is 61.4 Å². The molecule has 7 nitrogen and oxygen atoms in total. The maximum Gasteiger partial charge on any atom is 0.251 e. The van der Waals surface area contributed by atoms with Crippen molar-refractivity contribution in [3.63, 3.8) is 0 Å². The van der Waals surface area contributed by atoms with Gasteiger partial charge in [-0.2, -0.15) is 5.10 Å². The van der Waals surface area contributed by atoms with Crippen molar-refractivity contribution in [1.82, 2.24) is 30.0 Å². The molecule has 3 heterocycles. The summed E-state index contributed by atoms with van der Waals surface area (Å²) in [4.78, 5) is 23.6. The van der Waals surface area contributed by atoms with Gasteiger partial charge in [0.05, 0.1) is 0 Å². The van der Waals surface area contributed by atoms with Gasteiger partial charge in [0.15, 0.2) is 5.82 Å². The molecule has 0 spiro atoms. The van der Waals surface area contributed by atoms with Gasteiger partial charge in [0, 0.05) is 30.0 Å². The van der Waals surface area contributed by atoms with Crippen molar-refractivity contribution < 1.29 is 4.79 Å². The number of hydrogen-bond acceptors (Lipinski definition) is 4. The van der Waals surface area contributed by atoms with Crippen LogP contribution in [-0.4, -0.2) is 30.6 Å². The molecule has 1 aromatic carbocycles. The molecule has 4 aromatic rings. The topological polar surface area (TPSA) is 88.5 Å². The highest BCUT2D eigenvalue weighted by molar-refractivity contribution is 5.97. The van der Waals surface area contributed by atoms with E-state index in [4.69, 9.17) is 0 Å². The predicted octanol–water partition coefficient (Wildman–Crippen LogP) is 2.07. The standard InChI is InChI=1S/C17H14N6O/c24-17(14-3-2-13-5-6-19-15(13)7-14)21-9-12-1-4-16(20-8-12)23-11-18-10-22-23/h1-8,10-11,19H,9H2,(H,21,24). The molecule has 7 heteroatoms. The number of fused-ring (bicyclic) bond motifs is 1. The molecule has 0 aliphatic rings. The number of pyridine rings is 1. The first-order valence-corrected chi connectivity index (χ1v) is 7.45. The molecule has 0 fully saturated rings. The first kappa shape index (κ1) is 14.1. The molecule has 0 saturated heterocycles. The number of nitrogens with one attached hydrogen (secondary N) is 2. The van der Waals surface area contributed by atoms with Crippen molar-refractivity contribution in [2.24, 2.45) is 0 Å². The maximum absolute atomic E-state index is 12.3. The van der Waals surface area contributed by atoms with E-state index in [1.54, 1.807) is 17.2 Å². The van der Waals surface area contributed by atoms with E-state index in [-0.39, 0.29) is 5.91 Å². The highest BCUT2D eigenvalue weighted by atomic mass is 16.1. The lowest BCUT2D eigenvalue weighted by molar-refractivity contribution is 0.0951. The summed E-state index contributed by atoms with van der Waals surface area (Å²) in [6.07, 6.45) is 6.61. The number of aromatic nitrogens is 5. The molecule has 24 heavy (non-hydrogen) atoms. The summed E-state index contributed by atoms with van der Waals surface area (Å²) >= 11 is 0. The van der Waals surface area contributed by atoms with Crippen LogP contribution in [0.4, 0.5) is 0 Å². The number of nitrogens with zero attached hydrogens (tertiary/aromatic N) is 4. The molecule has 0 aliphatic heterocycles. The molecule has 0 radical (unpaired) electrons. The van der Waals surface area contributed by atoms with Crippen molar-refractivity contribution in [3.05, 3.63) is 72.6 Å². The zero-order chi connectivity index (χ0) is 16.4. The van der Waals surface area contributed by atoms with Gasteiger partial charge in [0.2, 0.25) is 0 Å². The van der Waals surface area contributed by atoms with Crippen LogP contribution in [0.5, 0.6) is 0 Å². The van der Waals surface area contributed by atoms with Crippen LogP contribution in [0.1, 0.15) is 15.9 Å². The third kappa shape index (κ3) is 2.74. The molecular formula is C17H14N6O. The Kier molecular flexibility index (Phi) is 3.51. The third-order valence-corrected chi connectivity index (χ3v) is 3.73. The molecule has 4 rings (SSSR count). The molecule has 0 atom stereocenters. The Balaban J connectivity index is 1.43. The van der Waals surface area contributed by atoms with Crippen molar-refractivity contribution >= 4 is 16.8 Å². The van der Waals surface area contributed by atoms with Crippen LogP contribution < -0.4 is 5.32 Å². The number of aromatic amines is 1. The fraction of sp³-hybridized carbons (Fsp3) is 0.0588. The summed E-state index contributed by atoms with van der Waals surface area (Å²) in [5.74, 6) is 0.562. The Morgan fingerprint density at radius 1 is 1.21 bits per heavy atom. The summed E-state index contributed by atoms with van der Waals surface area (Å²) < 4.78 is 1.58. The van der Waals surface area contributed by atoms with Crippen molar-refractivity contribution in [1.29, 1.82) is 0 Å². The van der Waals surface area contributed by atoms with Crippen LogP contribution in [-0.2, 0) is 6.54 Å². The Bertz CT molecular complexity index is 972. The Hall–Kier alpha value is -3.48. The zero-order valence-electron chi connectivity index (χ0n) is 12.7. The Labute approximate surface area is 137 Å². The van der Waals surface area contributed by atoms with E-state index in [0.717, 1.165) is 16.5 Å². The summed E-state index contributed by atoms with van der Waals surface area (Å²) in [5.41, 5.74) is 2.48. The lowest BCUT2D eigenvalue weighted by atomic mass is 10.1. The lowest BCUT2D eigenvalue weighted by Crippen LogP contribution is -2.22. The van der Waals surface area contributed by atoms with Gasteiger partial charge in [-0.3, -0.25) is 4.79 Å². The molecule has 0 unspecified atom stereocenters. The van der Waals surface area contributed by atoms with Crippen molar-refractivity contribution in [2.45, 2.75) is 6.54 Å². The van der Waals surface area contributed by atoms with Gasteiger partial charge in [-0.05, 0) is 35.2 Å². The van der Waals surface area contributed by atoms with Crippen LogP contribution in [0.3, 0.4) is 0 Å². The number of benzene rings is 1. The van der Waals surface area contributed by atoms with Gasteiger partial charge in [0.25, 0.3) is 5.91 Å². The summed E-state index contributed by atoms with van der Waals surface area (Å²) in [5, 5.41) is 8.00. The molecule has 118 valence electrons. The number of H-pyrrole nitrogens is 1. The minimum atomic E-state index is -0.119. The van der Waals surface area contributed by atoms with Gasteiger partial charge < -0.3 is 10.3 Å². The summed E-state index contributed by atoms with van der Waals surface area (Å²) in [7, 11) is 0. The number of carbonyl (C=O) groups is 1. The first-order valence-electron chi connectivity index (χ1n) is 7.45. The quantitative estimate of drug-likeness (QED) is 0.603. The van der Waals surface area contributed by atoms with E-state index in [2.05, 4.69) is 25.4 Å². The minimum Gasteiger partial charge on any atom is -0.361 e. The third-order valence-electron chi connectivity index (χ3n) is 3.73. The molecule has 1 amide bonds. The Morgan fingerprint density at radius 3 is 2.96 bits per heavy atom. The second kappa shape index (κ2) is 5.96. The second-order valence-electron chi connectivity index (χ2n) is 5.33. The van der Waals surface area contributed by atoms with Crippen molar-refractivity contribution in [3.8, 4) is 5.82 Å². The molecule has 0 aliphatic carbocycles. The number of hydrogen-bond donors (Lipinski definition) is 2. The maximum atomic E-state index is 12.3. The number of carbonyl (C=O) groups excluding carboxylic acids is 1. The van der Waals surface area contributed by atoms with Gasteiger partial charge in [-0.25, -0.2) is 14.6 Å². The highest BCUT2D eigenvalue weighted by Gasteiger charge is 2.07. The fourth-order valence-electron chi connectivity index (χ4n) is 2.46. The van der Waals surface area contributed by atoms with Gasteiger partial charge in [0.1, 0.15) is 12.7 Å². The fourth-order valence-corrected chi connectivity index (χ4v) is 2.46. The summed E-state index contributed by atoms with van der Waals surface area (Å²) in [6.45, 7) is 0.409. The van der Waals surface area contributed by atoms with Gasteiger partial charge in [-0.1, -0.05) is 12.1 Å². The van der Waals surface area contributed by atoms with E-state index in [1.165, 1.54) is 6.33 Å². The number of rotatable bonds is 4. The lowest BCUT2D eigenvalue weighted by Gasteiger charge is -2.06. The minimum absolute atomic E-state index is 0.119. The van der Waals surface area contributed by atoms with Gasteiger partial charge in [-0.15, -0.1) is 0 Å². The highest BCUT2D eigenvalue weighted by Crippen LogP contribution is 2.14. The normalized spacial score (nSPS) is 10.8. The van der Waals surface area contributed by atoms with Crippen LogP contribution in [0.2, 0.25) is 0 Å². The molecule has 0 bridgehead atoms. The van der Waals surface area contributed by atoms with Crippen LogP contribution in [0, 0.1) is 0 Å². The zero-order valence-corrected chi connectivity index (χ0v) is 12.7. The largest absolute Gasteiger partial charge is 0.361 e. The van der Waals surface area contributed by atoms with Crippen LogP contribution >= 0.6 is 0 Å². The van der Waals surface area contributed by atoms with Crippen molar-refractivity contribution in [2.75, 3.05) is 0 Å². The molecule has 2 N–H and O–H groups in total. The number of amides is 1. The monoisotopic (exact) mass is 318 g/mol. The Morgan fingerprint density at radius 2 is 2.17 bits per heavy atom. The molecule has 3 aromatic heterocycles. The summed E-state index contributed by atoms with van der Waals surface area (Å²) in [6, 6.07) is 11.3. The van der Waals surface area contributed by atoms with E-state index >= 15 is 0 Å². The van der Waals surface area contributed by atoms with Gasteiger partial charge >= 0.3 is 0 Å². The molecule has 0 saturated carbocycles. The van der Waals surface area contributed by atoms with E-state index < -0.39 is 0 Å². The average molecular weight is 318 g/mol. The first-order chi connectivity index (χ1) is 11.8. The smallest absolute Gasteiger partial charge is 0.251 e. The second-order valence-corrected chi connectivity index (χ2v) is 5.33. The predicted molar refractivity (Wildman–Crippen MR) is 88.6 cm³/mol. The SMILES string of the molecule is O=C(NCc1ccc(-n2cncn2)nc1)c1ccc2cc[nH]c2c1. The van der Waals surface area contributed by atoms with E-state index in [0.29, 0.717) is 17.9 Å². The van der Waals surface area contributed by atoms with Crippen LogP contribution in [0.25, 0.3) is 16.7 Å². The average Bonchev–Trinajstić information content (AvgIpc) is 3.30.